The lowest BCUT2D eigenvalue weighted by molar-refractivity contribution is 0.115. The van der Waals surface area contributed by atoms with Crippen LogP contribution in [0.5, 0.6) is 0 Å². The first-order valence-corrected chi connectivity index (χ1v) is 6.17. The van der Waals surface area contributed by atoms with Crippen LogP contribution in [-0.2, 0) is 0 Å². The maximum atomic E-state index is 2.90. The van der Waals surface area contributed by atoms with Crippen LogP contribution in [-0.4, -0.2) is 23.5 Å². The third-order valence-electron chi connectivity index (χ3n) is 5.73. The highest BCUT2D eigenvalue weighted by atomic mass is 15.3. The molecule has 2 saturated carbocycles. The molecular weight excluding hydrogens is 158 g/mol. The summed E-state index contributed by atoms with van der Waals surface area (Å²) in [4.78, 5) is 2.90. The average Bonchev–Trinajstić information content (AvgIpc) is 2.68. The Bertz CT molecular complexity index is 178. The van der Waals surface area contributed by atoms with Gasteiger partial charge in [0.1, 0.15) is 0 Å². The van der Waals surface area contributed by atoms with Crippen LogP contribution >= 0.6 is 0 Å². The van der Waals surface area contributed by atoms with Gasteiger partial charge in [0.2, 0.25) is 0 Å². The summed E-state index contributed by atoms with van der Waals surface area (Å²) in [5.41, 5.74) is 0.778. The standard InChI is InChI=1S/C12H19N/c1-3-10-5-7-13-8-6-11-4-2-9(1)12(10,11)13/h9-11H,1-8H2. The highest BCUT2D eigenvalue weighted by Gasteiger charge is 2.65. The predicted octanol–water partition coefficient (Wildman–Crippen LogP) is 2.27. The first-order valence-electron chi connectivity index (χ1n) is 6.17. The largest absolute Gasteiger partial charge is 0.297 e. The lowest BCUT2D eigenvalue weighted by atomic mass is 9.78. The van der Waals surface area contributed by atoms with Crippen molar-refractivity contribution in [1.29, 1.82) is 0 Å². The van der Waals surface area contributed by atoms with Crippen molar-refractivity contribution in [3.8, 4) is 0 Å². The molecule has 4 rings (SSSR count). The summed E-state index contributed by atoms with van der Waals surface area (Å²) in [7, 11) is 0. The minimum atomic E-state index is 0.778. The van der Waals surface area contributed by atoms with Gasteiger partial charge in [-0.1, -0.05) is 0 Å². The lowest BCUT2D eigenvalue weighted by Gasteiger charge is -2.37. The van der Waals surface area contributed by atoms with E-state index < -0.39 is 0 Å². The van der Waals surface area contributed by atoms with E-state index in [0.29, 0.717) is 0 Å². The molecule has 13 heavy (non-hydrogen) atoms. The molecule has 2 saturated heterocycles. The third kappa shape index (κ3) is 0.614. The van der Waals surface area contributed by atoms with Crippen LogP contribution in [0.2, 0.25) is 0 Å². The van der Waals surface area contributed by atoms with Gasteiger partial charge in [-0.2, -0.15) is 0 Å². The third-order valence-corrected chi connectivity index (χ3v) is 5.73. The molecule has 1 heteroatoms. The summed E-state index contributed by atoms with van der Waals surface area (Å²) in [6.07, 6.45) is 9.34. The maximum Gasteiger partial charge on any atom is 0.0294 e. The minimum absolute atomic E-state index is 0.778. The van der Waals surface area contributed by atoms with E-state index in [1.54, 1.807) is 25.7 Å². The highest BCUT2D eigenvalue weighted by Crippen LogP contribution is 2.64. The minimum Gasteiger partial charge on any atom is -0.297 e. The molecule has 2 heterocycles. The summed E-state index contributed by atoms with van der Waals surface area (Å²) < 4.78 is 0. The topological polar surface area (TPSA) is 3.24 Å². The molecule has 1 nitrogen and oxygen atoms in total. The Hall–Kier alpha value is -0.0400. The van der Waals surface area contributed by atoms with E-state index in [-0.39, 0.29) is 0 Å². The van der Waals surface area contributed by atoms with E-state index in [9.17, 15) is 0 Å². The summed E-state index contributed by atoms with van der Waals surface area (Å²) in [5, 5.41) is 0. The maximum absolute atomic E-state index is 2.90. The van der Waals surface area contributed by atoms with Gasteiger partial charge in [0, 0.05) is 5.54 Å². The molecule has 2 atom stereocenters. The molecule has 0 aromatic rings. The molecule has 0 aromatic heterocycles. The van der Waals surface area contributed by atoms with Crippen molar-refractivity contribution in [3.63, 3.8) is 0 Å². The Labute approximate surface area is 80.5 Å². The van der Waals surface area contributed by atoms with Crippen molar-refractivity contribution in [2.45, 2.75) is 44.1 Å². The number of hydrogen-bond acceptors (Lipinski definition) is 1. The van der Waals surface area contributed by atoms with Crippen molar-refractivity contribution in [2.75, 3.05) is 13.1 Å². The second-order valence-corrected chi connectivity index (χ2v) is 5.70. The van der Waals surface area contributed by atoms with Gasteiger partial charge >= 0.3 is 0 Å². The van der Waals surface area contributed by atoms with E-state index in [1.165, 1.54) is 25.9 Å². The zero-order chi connectivity index (χ0) is 8.47. The molecule has 4 fully saturated rings. The Balaban J connectivity index is 1.88. The molecule has 2 aliphatic heterocycles. The Kier molecular flexibility index (Phi) is 1.19. The first kappa shape index (κ1) is 7.28. The Morgan fingerprint density at radius 3 is 1.69 bits per heavy atom. The lowest BCUT2D eigenvalue weighted by Crippen LogP contribution is -2.46. The molecule has 0 radical (unpaired) electrons. The number of hydrogen-bond donors (Lipinski definition) is 0. The summed E-state index contributed by atoms with van der Waals surface area (Å²) >= 11 is 0. The Morgan fingerprint density at radius 1 is 0.692 bits per heavy atom. The molecule has 2 aliphatic carbocycles. The number of rotatable bonds is 0. The van der Waals surface area contributed by atoms with Crippen molar-refractivity contribution < 1.29 is 0 Å². The molecular formula is C12H19N. The monoisotopic (exact) mass is 177 g/mol. The summed E-state index contributed by atoms with van der Waals surface area (Å²) in [5.74, 6) is 3.35. The van der Waals surface area contributed by atoms with Gasteiger partial charge in [0.15, 0.2) is 0 Å². The van der Waals surface area contributed by atoms with Gasteiger partial charge in [-0.15, -0.1) is 0 Å². The van der Waals surface area contributed by atoms with E-state index in [0.717, 1.165) is 23.3 Å². The van der Waals surface area contributed by atoms with Crippen LogP contribution in [0.25, 0.3) is 0 Å². The predicted molar refractivity (Wildman–Crippen MR) is 52.5 cm³/mol. The normalized spacial score (nSPS) is 58.6. The van der Waals surface area contributed by atoms with E-state index >= 15 is 0 Å². The fraction of sp³-hybridized carbons (Fsp3) is 1.00. The molecule has 0 bridgehead atoms. The molecule has 1 spiro atoms. The molecule has 0 aromatic carbocycles. The summed E-state index contributed by atoms with van der Waals surface area (Å²) in [6.45, 7) is 2.88. The summed E-state index contributed by atoms with van der Waals surface area (Å²) in [6, 6.07) is 0. The molecule has 4 aliphatic rings. The smallest absolute Gasteiger partial charge is 0.0294 e. The van der Waals surface area contributed by atoms with Crippen molar-refractivity contribution in [2.24, 2.45) is 17.8 Å². The molecule has 72 valence electrons. The van der Waals surface area contributed by atoms with Crippen LogP contribution in [0.15, 0.2) is 0 Å². The van der Waals surface area contributed by atoms with Crippen LogP contribution in [0.4, 0.5) is 0 Å². The van der Waals surface area contributed by atoms with Gasteiger partial charge in [0.25, 0.3) is 0 Å². The van der Waals surface area contributed by atoms with Crippen molar-refractivity contribution in [3.05, 3.63) is 0 Å². The fourth-order valence-electron chi connectivity index (χ4n) is 5.52. The van der Waals surface area contributed by atoms with Gasteiger partial charge in [-0.25, -0.2) is 0 Å². The quantitative estimate of drug-likeness (QED) is 0.548. The zero-order valence-electron chi connectivity index (χ0n) is 8.34. The second-order valence-electron chi connectivity index (χ2n) is 5.70. The Morgan fingerprint density at radius 2 is 1.15 bits per heavy atom. The van der Waals surface area contributed by atoms with Gasteiger partial charge in [-0.3, -0.25) is 4.90 Å². The van der Waals surface area contributed by atoms with E-state index in [1.807, 2.05) is 0 Å². The van der Waals surface area contributed by atoms with E-state index in [2.05, 4.69) is 4.90 Å². The SMILES string of the molecule is C1CC2CCN3CCC4CCC1C243. The fourth-order valence-corrected chi connectivity index (χ4v) is 5.52. The second kappa shape index (κ2) is 2.13. The number of nitrogens with zero attached hydrogens (tertiary/aromatic N) is 1. The average molecular weight is 177 g/mol. The first-order chi connectivity index (χ1) is 6.42. The van der Waals surface area contributed by atoms with E-state index in [4.69, 9.17) is 0 Å². The van der Waals surface area contributed by atoms with Crippen LogP contribution in [0.3, 0.4) is 0 Å². The van der Waals surface area contributed by atoms with Crippen LogP contribution in [0, 0.1) is 17.8 Å². The molecule has 0 amide bonds. The van der Waals surface area contributed by atoms with Crippen molar-refractivity contribution >= 4 is 0 Å². The van der Waals surface area contributed by atoms with Crippen molar-refractivity contribution in [1.82, 2.24) is 4.90 Å². The molecule has 2 unspecified atom stereocenters. The zero-order valence-corrected chi connectivity index (χ0v) is 8.34. The van der Waals surface area contributed by atoms with Crippen LogP contribution < -0.4 is 0 Å². The van der Waals surface area contributed by atoms with Gasteiger partial charge in [-0.05, 0) is 69.4 Å². The van der Waals surface area contributed by atoms with Gasteiger partial charge < -0.3 is 0 Å². The molecule has 0 N–H and O–H groups in total. The highest BCUT2D eigenvalue weighted by molar-refractivity contribution is 5.19. The van der Waals surface area contributed by atoms with Crippen LogP contribution in [0.1, 0.15) is 38.5 Å². The van der Waals surface area contributed by atoms with Gasteiger partial charge in [0.05, 0.1) is 0 Å².